The molecule has 0 saturated carbocycles. The number of hydrogen-bond acceptors (Lipinski definition) is 3. The zero-order valence-corrected chi connectivity index (χ0v) is 6.75. The van der Waals surface area contributed by atoms with Gasteiger partial charge in [-0.1, -0.05) is 6.08 Å². The number of rotatable bonds is 1. The van der Waals surface area contributed by atoms with E-state index in [1.807, 2.05) is 0 Å². The summed E-state index contributed by atoms with van der Waals surface area (Å²) in [6, 6.07) is 0. The largest absolute Gasteiger partial charge is 0.524 e. The summed E-state index contributed by atoms with van der Waals surface area (Å²) in [7, 11) is -3.90. The Morgan fingerprint density at radius 1 is 1.20 bits per heavy atom. The van der Waals surface area contributed by atoms with Gasteiger partial charge in [-0.05, 0) is 30.9 Å². The Morgan fingerprint density at radius 3 is 2.20 bits per heavy atom. The van der Waals surface area contributed by atoms with Crippen LogP contribution >= 0.6 is 0 Å². The molecule has 0 aliphatic heterocycles. The van der Waals surface area contributed by atoms with E-state index < -0.39 is 8.80 Å². The molecule has 1 rings (SSSR count). The lowest BCUT2D eigenvalue weighted by atomic mass is 10.1. The van der Waals surface area contributed by atoms with Crippen LogP contribution in [0.5, 0.6) is 0 Å². The van der Waals surface area contributed by atoms with Gasteiger partial charge in [0.25, 0.3) is 0 Å². The molecule has 0 aromatic rings. The Bertz CT molecular complexity index is 148. The van der Waals surface area contributed by atoms with Crippen molar-refractivity contribution < 1.29 is 14.4 Å². The topological polar surface area (TPSA) is 60.7 Å². The minimum Gasteiger partial charge on any atom is -0.387 e. The van der Waals surface area contributed by atoms with Crippen LogP contribution in [0, 0.1) is 0 Å². The van der Waals surface area contributed by atoms with E-state index in [9.17, 15) is 0 Å². The van der Waals surface area contributed by atoms with Gasteiger partial charge in [-0.2, -0.15) is 0 Å². The molecule has 0 unspecified atom stereocenters. The normalized spacial score (nSPS) is 20.5. The van der Waals surface area contributed by atoms with Crippen molar-refractivity contribution >= 4 is 8.80 Å². The van der Waals surface area contributed by atoms with Crippen LogP contribution < -0.4 is 0 Å². The van der Waals surface area contributed by atoms with Gasteiger partial charge in [0.05, 0.1) is 0 Å². The molecule has 10 heavy (non-hydrogen) atoms. The van der Waals surface area contributed by atoms with Crippen LogP contribution in [0.25, 0.3) is 0 Å². The minimum atomic E-state index is -3.90. The molecule has 0 amide bonds. The zero-order chi connectivity index (χ0) is 7.61. The van der Waals surface area contributed by atoms with Crippen LogP contribution in [0.2, 0.25) is 0 Å². The van der Waals surface area contributed by atoms with Crippen molar-refractivity contribution in [1.29, 1.82) is 0 Å². The molecule has 0 bridgehead atoms. The van der Waals surface area contributed by atoms with Crippen LogP contribution in [0.3, 0.4) is 0 Å². The van der Waals surface area contributed by atoms with Gasteiger partial charge in [-0.15, -0.1) is 0 Å². The Kier molecular flexibility index (Phi) is 2.25. The van der Waals surface area contributed by atoms with E-state index in [0.717, 1.165) is 19.3 Å². The van der Waals surface area contributed by atoms with Gasteiger partial charge in [0.1, 0.15) is 0 Å². The summed E-state index contributed by atoms with van der Waals surface area (Å²) < 4.78 is 0. The van der Waals surface area contributed by atoms with Crippen LogP contribution in [0.4, 0.5) is 0 Å². The van der Waals surface area contributed by atoms with E-state index in [4.69, 9.17) is 14.4 Å². The SMILES string of the molecule is O[Si](O)(O)C1=CCCCC1. The first-order valence-electron chi connectivity index (χ1n) is 3.47. The van der Waals surface area contributed by atoms with Crippen molar-refractivity contribution in [3.8, 4) is 0 Å². The first kappa shape index (κ1) is 7.94. The highest BCUT2D eigenvalue weighted by molar-refractivity contribution is 6.64. The average Bonchev–Trinajstić information content (AvgIpc) is 1.88. The molecule has 3 nitrogen and oxygen atoms in total. The predicted octanol–water partition coefficient (Wildman–Crippen LogP) is -0.0582. The molecular formula is C6H12O3Si. The first-order chi connectivity index (χ1) is 4.61. The summed E-state index contributed by atoms with van der Waals surface area (Å²) >= 11 is 0. The molecule has 0 fully saturated rings. The average molecular weight is 160 g/mol. The Labute approximate surface area is 61.0 Å². The van der Waals surface area contributed by atoms with Gasteiger partial charge in [0, 0.05) is 0 Å². The summed E-state index contributed by atoms with van der Waals surface area (Å²) in [6.45, 7) is 0. The Balaban J connectivity index is 2.62. The van der Waals surface area contributed by atoms with Gasteiger partial charge in [0.2, 0.25) is 0 Å². The fraction of sp³-hybridized carbons (Fsp3) is 0.667. The maximum atomic E-state index is 8.82. The van der Waals surface area contributed by atoms with Gasteiger partial charge >= 0.3 is 8.80 Å². The molecule has 0 heterocycles. The van der Waals surface area contributed by atoms with E-state index in [1.54, 1.807) is 6.08 Å². The van der Waals surface area contributed by atoms with E-state index in [0.29, 0.717) is 11.6 Å². The van der Waals surface area contributed by atoms with Gasteiger partial charge in [-0.3, -0.25) is 0 Å². The molecule has 0 atom stereocenters. The van der Waals surface area contributed by atoms with Crippen LogP contribution in [-0.4, -0.2) is 23.2 Å². The van der Waals surface area contributed by atoms with Gasteiger partial charge in [-0.25, -0.2) is 0 Å². The van der Waals surface area contributed by atoms with E-state index in [2.05, 4.69) is 0 Å². The summed E-state index contributed by atoms with van der Waals surface area (Å²) in [6.07, 6.45) is 5.31. The number of allylic oxidation sites excluding steroid dienone is 2. The maximum absolute atomic E-state index is 8.82. The van der Waals surface area contributed by atoms with Crippen molar-refractivity contribution in [2.24, 2.45) is 0 Å². The molecule has 0 radical (unpaired) electrons. The fourth-order valence-corrected chi connectivity index (χ4v) is 2.07. The van der Waals surface area contributed by atoms with Crippen LogP contribution in [0.1, 0.15) is 25.7 Å². The number of hydrogen-bond donors (Lipinski definition) is 3. The molecule has 0 saturated heterocycles. The van der Waals surface area contributed by atoms with Crippen LogP contribution in [0.15, 0.2) is 11.3 Å². The molecule has 4 heteroatoms. The second kappa shape index (κ2) is 2.83. The van der Waals surface area contributed by atoms with Crippen molar-refractivity contribution in [3.63, 3.8) is 0 Å². The van der Waals surface area contributed by atoms with E-state index >= 15 is 0 Å². The predicted molar refractivity (Wildman–Crippen MR) is 39.0 cm³/mol. The van der Waals surface area contributed by atoms with Crippen LogP contribution in [-0.2, 0) is 0 Å². The molecule has 0 aromatic carbocycles. The van der Waals surface area contributed by atoms with Crippen molar-refractivity contribution in [2.45, 2.75) is 25.7 Å². The Morgan fingerprint density at radius 2 is 1.90 bits per heavy atom. The van der Waals surface area contributed by atoms with E-state index in [1.165, 1.54) is 0 Å². The molecule has 58 valence electrons. The molecule has 1 aliphatic carbocycles. The molecular weight excluding hydrogens is 148 g/mol. The van der Waals surface area contributed by atoms with Gasteiger partial charge in [0.15, 0.2) is 0 Å². The third-order valence-electron chi connectivity index (χ3n) is 1.72. The second-order valence-electron chi connectivity index (χ2n) is 2.61. The summed E-state index contributed by atoms with van der Waals surface area (Å²) in [4.78, 5) is 26.5. The maximum Gasteiger partial charge on any atom is 0.524 e. The highest BCUT2D eigenvalue weighted by atomic mass is 28.4. The molecule has 3 N–H and O–H groups in total. The van der Waals surface area contributed by atoms with Crippen molar-refractivity contribution in [2.75, 3.05) is 0 Å². The summed E-state index contributed by atoms with van der Waals surface area (Å²) in [5.41, 5.74) is 0. The lowest BCUT2D eigenvalue weighted by Crippen LogP contribution is -2.38. The molecule has 0 spiro atoms. The smallest absolute Gasteiger partial charge is 0.387 e. The third-order valence-corrected chi connectivity index (χ3v) is 3.04. The summed E-state index contributed by atoms with van der Waals surface area (Å²) in [5, 5.41) is 0.471. The lowest BCUT2D eigenvalue weighted by molar-refractivity contribution is 0.239. The quantitative estimate of drug-likeness (QED) is 0.471. The standard InChI is InChI=1S/C6H12O3Si/c7-10(8,9)6-4-2-1-3-5-6/h4,7-9H,1-3,5H2. The monoisotopic (exact) mass is 160 g/mol. The van der Waals surface area contributed by atoms with Crippen molar-refractivity contribution in [1.82, 2.24) is 0 Å². The fourth-order valence-electron chi connectivity index (χ4n) is 1.14. The zero-order valence-electron chi connectivity index (χ0n) is 5.75. The second-order valence-corrected chi connectivity index (χ2v) is 4.52. The minimum absolute atomic E-state index is 0.471. The highest BCUT2D eigenvalue weighted by Gasteiger charge is 2.33. The van der Waals surface area contributed by atoms with Crippen molar-refractivity contribution in [3.05, 3.63) is 11.3 Å². The Hall–Kier alpha value is -0.163. The van der Waals surface area contributed by atoms with E-state index in [-0.39, 0.29) is 0 Å². The highest BCUT2D eigenvalue weighted by Crippen LogP contribution is 2.21. The third kappa shape index (κ3) is 1.91. The molecule has 0 aromatic heterocycles. The lowest BCUT2D eigenvalue weighted by Gasteiger charge is -2.17. The van der Waals surface area contributed by atoms with Gasteiger partial charge < -0.3 is 14.4 Å². The first-order valence-corrected chi connectivity index (χ1v) is 5.31. The summed E-state index contributed by atoms with van der Waals surface area (Å²) in [5.74, 6) is 0. The molecule has 1 aliphatic rings.